The smallest absolute Gasteiger partial charge is 0.313 e. The molecule has 0 aliphatic rings. The van der Waals surface area contributed by atoms with Crippen LogP contribution in [0, 0.1) is 0 Å². The topological polar surface area (TPSA) is 53.1 Å². The van der Waals surface area contributed by atoms with Gasteiger partial charge in [0.25, 0.3) is 0 Å². The number of fused-ring (bicyclic) bond motifs is 1. The Bertz CT molecular complexity index is 509. The fraction of sp³-hybridized carbons (Fsp3) is 0.100. The number of aliphatic carboxylic acids is 1. The molecule has 15 heavy (non-hydrogen) atoms. The van der Waals surface area contributed by atoms with Gasteiger partial charge < -0.3 is 10.1 Å². The maximum absolute atomic E-state index is 10.5. The predicted molar refractivity (Wildman–Crippen MR) is 64.4 cm³/mol. The van der Waals surface area contributed by atoms with Gasteiger partial charge in [-0.25, -0.2) is 0 Å². The van der Waals surface area contributed by atoms with Gasteiger partial charge in [0.1, 0.15) is 0 Å². The fourth-order valence-corrected chi connectivity index (χ4v) is 2.86. The van der Waals surface area contributed by atoms with E-state index >= 15 is 0 Å². The number of aromatic amines is 1. The van der Waals surface area contributed by atoms with Gasteiger partial charge in [-0.05, 0) is 12.1 Å². The van der Waals surface area contributed by atoms with E-state index in [4.69, 9.17) is 5.11 Å². The molecule has 2 aromatic rings. The summed E-state index contributed by atoms with van der Waals surface area (Å²) in [6, 6.07) is 5.85. The second-order valence-electron chi connectivity index (χ2n) is 3.00. The van der Waals surface area contributed by atoms with Crippen LogP contribution in [-0.4, -0.2) is 21.8 Å². The van der Waals surface area contributed by atoms with Crippen molar-refractivity contribution in [3.63, 3.8) is 0 Å². The Kier molecular flexibility index (Phi) is 3.02. The minimum Gasteiger partial charge on any atom is -0.481 e. The molecule has 0 unspecified atom stereocenters. The lowest BCUT2D eigenvalue weighted by atomic mass is 10.2. The Morgan fingerprint density at radius 1 is 1.53 bits per heavy atom. The Morgan fingerprint density at radius 3 is 3.07 bits per heavy atom. The van der Waals surface area contributed by atoms with Crippen molar-refractivity contribution in [1.82, 2.24) is 4.98 Å². The number of carbonyl (C=O) groups is 1. The van der Waals surface area contributed by atoms with Crippen molar-refractivity contribution in [3.05, 3.63) is 28.9 Å². The molecule has 2 rings (SSSR count). The number of halogens is 1. The largest absolute Gasteiger partial charge is 0.481 e. The van der Waals surface area contributed by atoms with Crippen molar-refractivity contribution in [1.29, 1.82) is 0 Å². The van der Waals surface area contributed by atoms with Crippen LogP contribution in [0.4, 0.5) is 0 Å². The highest BCUT2D eigenvalue weighted by molar-refractivity contribution is 9.10. The number of benzene rings is 1. The number of aromatic nitrogens is 1. The first kappa shape index (κ1) is 10.6. The molecule has 0 bridgehead atoms. The molecule has 5 heteroatoms. The first-order valence-electron chi connectivity index (χ1n) is 4.28. The third-order valence-electron chi connectivity index (χ3n) is 1.97. The van der Waals surface area contributed by atoms with Crippen molar-refractivity contribution >= 4 is 44.6 Å². The maximum Gasteiger partial charge on any atom is 0.313 e. The first-order valence-corrected chi connectivity index (χ1v) is 6.06. The lowest BCUT2D eigenvalue weighted by molar-refractivity contribution is -0.133. The minimum atomic E-state index is -0.804. The van der Waals surface area contributed by atoms with Gasteiger partial charge in [0.2, 0.25) is 0 Å². The molecule has 0 fully saturated rings. The zero-order valence-corrected chi connectivity index (χ0v) is 10.1. The van der Waals surface area contributed by atoms with E-state index in [1.807, 2.05) is 24.4 Å². The first-order chi connectivity index (χ1) is 7.18. The summed E-state index contributed by atoms with van der Waals surface area (Å²) in [6.07, 6.45) is 1.84. The van der Waals surface area contributed by atoms with E-state index in [0.29, 0.717) is 0 Å². The van der Waals surface area contributed by atoms with Crippen LogP contribution in [0.1, 0.15) is 0 Å². The Morgan fingerprint density at radius 2 is 2.33 bits per heavy atom. The van der Waals surface area contributed by atoms with E-state index in [0.717, 1.165) is 20.3 Å². The molecule has 1 aromatic carbocycles. The summed E-state index contributed by atoms with van der Waals surface area (Å²) in [7, 11) is 0. The lowest BCUT2D eigenvalue weighted by Gasteiger charge is -1.98. The van der Waals surface area contributed by atoms with Crippen molar-refractivity contribution in [2.24, 2.45) is 0 Å². The predicted octanol–water partition coefficient (Wildman–Crippen LogP) is 3.11. The van der Waals surface area contributed by atoms with E-state index in [2.05, 4.69) is 20.9 Å². The van der Waals surface area contributed by atoms with Crippen molar-refractivity contribution in [2.75, 3.05) is 5.75 Å². The summed E-state index contributed by atoms with van der Waals surface area (Å²) in [5, 5.41) is 9.66. The monoisotopic (exact) mass is 285 g/mol. The second-order valence-corrected chi connectivity index (χ2v) is 4.87. The van der Waals surface area contributed by atoms with Gasteiger partial charge in [0, 0.05) is 26.5 Å². The molecule has 0 saturated carbocycles. The fourth-order valence-electron chi connectivity index (χ4n) is 1.36. The standard InChI is InChI=1S/C10H8BrNO2S/c11-6-2-1-3-7-10(6)8(4-12-7)15-5-9(13)14/h1-4,12H,5H2,(H,13,14). The van der Waals surface area contributed by atoms with Gasteiger partial charge in [0.15, 0.2) is 0 Å². The van der Waals surface area contributed by atoms with E-state index in [-0.39, 0.29) is 5.75 Å². The number of rotatable bonds is 3. The molecule has 1 heterocycles. The zero-order chi connectivity index (χ0) is 10.8. The molecular weight excluding hydrogens is 278 g/mol. The quantitative estimate of drug-likeness (QED) is 0.852. The molecule has 0 spiro atoms. The van der Waals surface area contributed by atoms with Crippen LogP contribution in [-0.2, 0) is 4.79 Å². The summed E-state index contributed by atoms with van der Waals surface area (Å²) in [5.41, 5.74) is 1.01. The molecule has 78 valence electrons. The molecule has 0 amide bonds. The third-order valence-corrected chi connectivity index (χ3v) is 3.66. The van der Waals surface area contributed by atoms with Crippen LogP contribution in [0.15, 0.2) is 33.8 Å². The van der Waals surface area contributed by atoms with Crippen LogP contribution in [0.25, 0.3) is 10.9 Å². The van der Waals surface area contributed by atoms with Crippen molar-refractivity contribution < 1.29 is 9.90 Å². The molecule has 0 atom stereocenters. The molecule has 0 saturated heterocycles. The Hall–Kier alpha value is -0.940. The highest BCUT2D eigenvalue weighted by Crippen LogP contribution is 2.33. The van der Waals surface area contributed by atoms with E-state index in [1.165, 1.54) is 11.8 Å². The number of H-pyrrole nitrogens is 1. The van der Waals surface area contributed by atoms with Gasteiger partial charge >= 0.3 is 5.97 Å². The number of carboxylic acid groups (broad SMARTS) is 1. The summed E-state index contributed by atoms with van der Waals surface area (Å²) >= 11 is 4.77. The SMILES string of the molecule is O=C(O)CSc1c[nH]c2cccc(Br)c12. The number of hydrogen-bond acceptors (Lipinski definition) is 2. The van der Waals surface area contributed by atoms with Crippen molar-refractivity contribution in [3.8, 4) is 0 Å². The minimum absolute atomic E-state index is 0.0777. The second kappa shape index (κ2) is 4.28. The average Bonchev–Trinajstić information content (AvgIpc) is 2.59. The normalized spacial score (nSPS) is 10.7. The van der Waals surface area contributed by atoms with E-state index in [1.54, 1.807) is 0 Å². The average molecular weight is 286 g/mol. The van der Waals surface area contributed by atoms with E-state index < -0.39 is 5.97 Å². The van der Waals surface area contributed by atoms with Gasteiger partial charge in [-0.1, -0.05) is 22.0 Å². The molecule has 0 aliphatic carbocycles. The zero-order valence-electron chi connectivity index (χ0n) is 7.66. The van der Waals surface area contributed by atoms with Gasteiger partial charge in [-0.15, -0.1) is 11.8 Å². The number of carboxylic acids is 1. The molecule has 0 aliphatic heterocycles. The Balaban J connectivity index is 2.39. The van der Waals surface area contributed by atoms with Crippen molar-refractivity contribution in [2.45, 2.75) is 4.90 Å². The van der Waals surface area contributed by atoms with Gasteiger partial charge in [-0.2, -0.15) is 0 Å². The highest BCUT2D eigenvalue weighted by Gasteiger charge is 2.08. The third kappa shape index (κ3) is 2.18. The molecule has 1 aromatic heterocycles. The summed E-state index contributed by atoms with van der Waals surface area (Å²) in [4.78, 5) is 14.5. The van der Waals surface area contributed by atoms with E-state index in [9.17, 15) is 4.79 Å². The van der Waals surface area contributed by atoms with Crippen LogP contribution in [0.5, 0.6) is 0 Å². The van der Waals surface area contributed by atoms with Crippen LogP contribution in [0.3, 0.4) is 0 Å². The number of nitrogens with one attached hydrogen (secondary N) is 1. The van der Waals surface area contributed by atoms with Gasteiger partial charge in [0.05, 0.1) is 5.75 Å². The summed E-state index contributed by atoms with van der Waals surface area (Å²) < 4.78 is 0.981. The van der Waals surface area contributed by atoms with Crippen LogP contribution in [0.2, 0.25) is 0 Å². The molecular formula is C10H8BrNO2S. The van der Waals surface area contributed by atoms with Crippen LogP contribution >= 0.6 is 27.7 Å². The molecule has 3 nitrogen and oxygen atoms in total. The number of thioether (sulfide) groups is 1. The van der Waals surface area contributed by atoms with Crippen LogP contribution < -0.4 is 0 Å². The molecule has 0 radical (unpaired) electrons. The highest BCUT2D eigenvalue weighted by atomic mass is 79.9. The maximum atomic E-state index is 10.5. The Labute approximate surface area is 99.0 Å². The van der Waals surface area contributed by atoms with Gasteiger partial charge in [-0.3, -0.25) is 4.79 Å². The molecule has 2 N–H and O–H groups in total. The lowest BCUT2D eigenvalue weighted by Crippen LogP contribution is -1.96. The summed E-state index contributed by atoms with van der Waals surface area (Å²) in [5.74, 6) is -0.727. The summed E-state index contributed by atoms with van der Waals surface area (Å²) in [6.45, 7) is 0. The number of hydrogen-bond donors (Lipinski definition) is 2.